The lowest BCUT2D eigenvalue weighted by atomic mass is 9.98. The van der Waals surface area contributed by atoms with Crippen molar-refractivity contribution in [3.8, 4) is 0 Å². The first-order valence-corrected chi connectivity index (χ1v) is 7.39. The fraction of sp³-hybridized carbons (Fsp3) is 0.929. The first kappa shape index (κ1) is 14.8. The molecule has 0 bridgehead atoms. The molecule has 0 atom stereocenters. The monoisotopic (exact) mass is 270 g/mol. The Kier molecular flexibility index (Phi) is 6.07. The largest absolute Gasteiger partial charge is 0.385 e. The molecule has 5 nitrogen and oxygen atoms in total. The SMILES string of the molecule is COCCCN1CCN(C(=O)C2CCOCC2)CC1. The van der Waals surface area contributed by atoms with Crippen LogP contribution in [0.5, 0.6) is 0 Å². The molecule has 0 unspecified atom stereocenters. The summed E-state index contributed by atoms with van der Waals surface area (Å²) in [5.41, 5.74) is 0. The van der Waals surface area contributed by atoms with Gasteiger partial charge in [-0.05, 0) is 19.3 Å². The van der Waals surface area contributed by atoms with Crippen LogP contribution in [-0.4, -0.2) is 75.4 Å². The zero-order valence-corrected chi connectivity index (χ0v) is 12.0. The highest BCUT2D eigenvalue weighted by atomic mass is 16.5. The lowest BCUT2D eigenvalue weighted by Gasteiger charge is -2.37. The van der Waals surface area contributed by atoms with Gasteiger partial charge in [0.15, 0.2) is 0 Å². The maximum Gasteiger partial charge on any atom is 0.225 e. The summed E-state index contributed by atoms with van der Waals surface area (Å²) in [6.07, 6.45) is 2.87. The molecule has 2 aliphatic heterocycles. The van der Waals surface area contributed by atoms with Crippen LogP contribution in [0.25, 0.3) is 0 Å². The van der Waals surface area contributed by atoms with Crippen molar-refractivity contribution in [3.63, 3.8) is 0 Å². The molecule has 2 heterocycles. The molecule has 0 aromatic rings. The maximum atomic E-state index is 12.4. The summed E-state index contributed by atoms with van der Waals surface area (Å²) < 4.78 is 10.4. The molecule has 1 amide bonds. The van der Waals surface area contributed by atoms with Crippen LogP contribution in [-0.2, 0) is 14.3 Å². The second-order valence-electron chi connectivity index (χ2n) is 5.40. The topological polar surface area (TPSA) is 42.0 Å². The van der Waals surface area contributed by atoms with E-state index in [0.29, 0.717) is 5.91 Å². The van der Waals surface area contributed by atoms with E-state index in [1.165, 1.54) is 0 Å². The molecular formula is C14H26N2O3. The molecule has 19 heavy (non-hydrogen) atoms. The van der Waals surface area contributed by atoms with Gasteiger partial charge in [0.2, 0.25) is 5.91 Å². The summed E-state index contributed by atoms with van der Waals surface area (Å²) in [7, 11) is 1.74. The summed E-state index contributed by atoms with van der Waals surface area (Å²) in [5, 5.41) is 0. The number of carbonyl (C=O) groups is 1. The van der Waals surface area contributed by atoms with E-state index < -0.39 is 0 Å². The number of ether oxygens (including phenoxy) is 2. The van der Waals surface area contributed by atoms with Crippen LogP contribution >= 0.6 is 0 Å². The van der Waals surface area contributed by atoms with E-state index in [9.17, 15) is 4.79 Å². The van der Waals surface area contributed by atoms with Crippen LogP contribution in [0.4, 0.5) is 0 Å². The van der Waals surface area contributed by atoms with Gasteiger partial charge < -0.3 is 14.4 Å². The summed E-state index contributed by atoms with van der Waals surface area (Å²) in [6.45, 7) is 7.14. The minimum absolute atomic E-state index is 0.203. The van der Waals surface area contributed by atoms with Crippen LogP contribution in [0.3, 0.4) is 0 Å². The van der Waals surface area contributed by atoms with Gasteiger partial charge >= 0.3 is 0 Å². The van der Waals surface area contributed by atoms with Crippen LogP contribution in [0.1, 0.15) is 19.3 Å². The first-order chi connectivity index (χ1) is 9.31. The molecule has 2 saturated heterocycles. The minimum Gasteiger partial charge on any atom is -0.385 e. The third-order valence-electron chi connectivity index (χ3n) is 4.08. The summed E-state index contributed by atoms with van der Waals surface area (Å²) in [5.74, 6) is 0.550. The number of rotatable bonds is 5. The Morgan fingerprint density at radius 3 is 2.53 bits per heavy atom. The third kappa shape index (κ3) is 4.44. The second-order valence-corrected chi connectivity index (χ2v) is 5.40. The molecule has 2 rings (SSSR count). The number of nitrogens with zero attached hydrogens (tertiary/aromatic N) is 2. The quantitative estimate of drug-likeness (QED) is 0.686. The lowest BCUT2D eigenvalue weighted by Crippen LogP contribution is -2.51. The van der Waals surface area contributed by atoms with Crippen LogP contribution in [0.15, 0.2) is 0 Å². The van der Waals surface area contributed by atoms with Gasteiger partial charge in [-0.2, -0.15) is 0 Å². The van der Waals surface area contributed by atoms with Crippen molar-refractivity contribution < 1.29 is 14.3 Å². The molecule has 0 saturated carbocycles. The minimum atomic E-state index is 0.203. The van der Waals surface area contributed by atoms with Crippen LogP contribution in [0.2, 0.25) is 0 Å². The molecule has 0 aromatic heterocycles. The maximum absolute atomic E-state index is 12.4. The van der Waals surface area contributed by atoms with Crippen LogP contribution in [0, 0.1) is 5.92 Å². The first-order valence-electron chi connectivity index (χ1n) is 7.39. The third-order valence-corrected chi connectivity index (χ3v) is 4.08. The Balaban J connectivity index is 1.68. The predicted octanol–water partition coefficient (Wildman–Crippen LogP) is 0.594. The number of hydrogen-bond acceptors (Lipinski definition) is 4. The van der Waals surface area contributed by atoms with Crippen LogP contribution < -0.4 is 0 Å². The van der Waals surface area contributed by atoms with Gasteiger partial charge in [0.05, 0.1) is 0 Å². The second kappa shape index (κ2) is 7.82. The molecule has 110 valence electrons. The smallest absolute Gasteiger partial charge is 0.225 e. The van der Waals surface area contributed by atoms with E-state index in [4.69, 9.17) is 9.47 Å². The van der Waals surface area contributed by atoms with Gasteiger partial charge in [-0.3, -0.25) is 9.69 Å². The summed E-state index contributed by atoms with van der Waals surface area (Å²) in [4.78, 5) is 16.8. The van der Waals surface area contributed by atoms with Crippen molar-refractivity contribution in [1.82, 2.24) is 9.80 Å². The van der Waals surface area contributed by atoms with Gasteiger partial charge in [-0.1, -0.05) is 0 Å². The molecular weight excluding hydrogens is 244 g/mol. The van der Waals surface area contributed by atoms with E-state index in [1.807, 2.05) is 4.90 Å². The zero-order valence-electron chi connectivity index (χ0n) is 12.0. The van der Waals surface area contributed by atoms with Crippen molar-refractivity contribution in [2.45, 2.75) is 19.3 Å². The average Bonchev–Trinajstić information content (AvgIpc) is 2.48. The van der Waals surface area contributed by atoms with Gasteiger partial charge in [0.1, 0.15) is 0 Å². The fourth-order valence-electron chi connectivity index (χ4n) is 2.83. The Hall–Kier alpha value is -0.650. The highest BCUT2D eigenvalue weighted by Crippen LogP contribution is 2.18. The van der Waals surface area contributed by atoms with E-state index >= 15 is 0 Å². The standard InChI is InChI=1S/C14H26N2O3/c1-18-10-2-5-15-6-8-16(9-7-15)14(17)13-3-11-19-12-4-13/h13H,2-12H2,1H3. The Labute approximate surface area is 115 Å². The van der Waals surface area contributed by atoms with Crippen molar-refractivity contribution in [2.24, 2.45) is 5.92 Å². The number of hydrogen-bond donors (Lipinski definition) is 0. The number of methoxy groups -OCH3 is 1. The predicted molar refractivity (Wildman–Crippen MR) is 73.1 cm³/mol. The Morgan fingerprint density at radius 2 is 1.89 bits per heavy atom. The van der Waals surface area contributed by atoms with E-state index in [0.717, 1.165) is 71.8 Å². The van der Waals surface area contributed by atoms with E-state index in [-0.39, 0.29) is 5.92 Å². The molecule has 0 aliphatic carbocycles. The summed E-state index contributed by atoms with van der Waals surface area (Å²) in [6, 6.07) is 0. The molecule has 2 fully saturated rings. The average molecular weight is 270 g/mol. The molecule has 5 heteroatoms. The molecule has 0 spiro atoms. The van der Waals surface area contributed by atoms with Gasteiger partial charge in [-0.15, -0.1) is 0 Å². The van der Waals surface area contributed by atoms with E-state index in [1.54, 1.807) is 7.11 Å². The summed E-state index contributed by atoms with van der Waals surface area (Å²) >= 11 is 0. The van der Waals surface area contributed by atoms with Gasteiger partial charge in [0.25, 0.3) is 0 Å². The molecule has 0 radical (unpaired) electrons. The molecule has 0 aromatic carbocycles. The number of carbonyl (C=O) groups excluding carboxylic acids is 1. The Morgan fingerprint density at radius 1 is 1.21 bits per heavy atom. The number of piperazine rings is 1. The van der Waals surface area contributed by atoms with Crippen molar-refractivity contribution >= 4 is 5.91 Å². The zero-order chi connectivity index (χ0) is 13.5. The van der Waals surface area contributed by atoms with Gasteiger partial charge in [0, 0.05) is 65.6 Å². The lowest BCUT2D eigenvalue weighted by molar-refractivity contribution is -0.140. The Bertz CT molecular complexity index is 272. The molecule has 0 N–H and O–H groups in total. The fourth-order valence-corrected chi connectivity index (χ4v) is 2.83. The highest BCUT2D eigenvalue weighted by molar-refractivity contribution is 5.79. The number of amides is 1. The van der Waals surface area contributed by atoms with E-state index in [2.05, 4.69) is 4.90 Å². The molecule has 2 aliphatic rings. The van der Waals surface area contributed by atoms with Crippen molar-refractivity contribution in [3.05, 3.63) is 0 Å². The van der Waals surface area contributed by atoms with Crippen molar-refractivity contribution in [1.29, 1.82) is 0 Å². The normalized spacial score (nSPS) is 22.7. The highest BCUT2D eigenvalue weighted by Gasteiger charge is 2.28. The van der Waals surface area contributed by atoms with Gasteiger partial charge in [-0.25, -0.2) is 0 Å². The van der Waals surface area contributed by atoms with Crippen molar-refractivity contribution in [2.75, 3.05) is 59.7 Å².